The Hall–Kier alpha value is -0.650. The highest BCUT2D eigenvalue weighted by molar-refractivity contribution is 7.15. The summed E-state index contributed by atoms with van der Waals surface area (Å²) in [5.74, 6) is 0.646. The lowest BCUT2D eigenvalue weighted by Gasteiger charge is -2.36. The van der Waals surface area contributed by atoms with E-state index < -0.39 is 0 Å². The lowest BCUT2D eigenvalue weighted by molar-refractivity contribution is 0.0498. The van der Waals surface area contributed by atoms with E-state index in [-0.39, 0.29) is 0 Å². The van der Waals surface area contributed by atoms with Crippen LogP contribution >= 0.6 is 11.3 Å². The van der Waals surface area contributed by atoms with Gasteiger partial charge in [0.1, 0.15) is 0 Å². The van der Waals surface area contributed by atoms with Gasteiger partial charge in [-0.1, -0.05) is 13.8 Å². The maximum absolute atomic E-state index is 5.63. The van der Waals surface area contributed by atoms with E-state index in [1.807, 2.05) is 18.4 Å². The summed E-state index contributed by atoms with van der Waals surface area (Å²) < 4.78 is 5.63. The number of rotatable bonds is 6. The number of ether oxygens (including phenoxy) is 1. The molecule has 21 heavy (non-hydrogen) atoms. The number of hydrogen-bond acceptors (Lipinski definition) is 5. The van der Waals surface area contributed by atoms with Gasteiger partial charge >= 0.3 is 0 Å². The first-order valence-electron chi connectivity index (χ1n) is 8.21. The largest absolute Gasteiger partial charge is 0.379 e. The summed E-state index contributed by atoms with van der Waals surface area (Å²) in [6.07, 6.45) is 5.23. The predicted molar refractivity (Wildman–Crippen MR) is 88.1 cm³/mol. The topological polar surface area (TPSA) is 37.4 Å². The van der Waals surface area contributed by atoms with Gasteiger partial charge in [0, 0.05) is 37.7 Å². The summed E-state index contributed by atoms with van der Waals surface area (Å²) in [5, 5.41) is 4.81. The number of aryl methyl sites for hydroxylation is 1. The van der Waals surface area contributed by atoms with E-state index in [1.165, 1.54) is 35.0 Å². The lowest BCUT2D eigenvalue weighted by Crippen LogP contribution is -2.43. The van der Waals surface area contributed by atoms with Crippen LogP contribution in [0.1, 0.15) is 43.7 Å². The molecular formula is C16H27N3OS. The Labute approximate surface area is 131 Å². The second-order valence-corrected chi connectivity index (χ2v) is 7.42. The SMILES string of the molecule is CCc1nc(N2CCC(C)C(OC)C2)sc1CNC1CC1. The molecule has 2 heterocycles. The molecule has 1 aliphatic heterocycles. The van der Waals surface area contributed by atoms with Crippen molar-refractivity contribution in [2.45, 2.75) is 58.2 Å². The minimum Gasteiger partial charge on any atom is -0.379 e. The molecule has 1 saturated carbocycles. The molecule has 3 rings (SSSR count). The van der Waals surface area contributed by atoms with E-state index in [9.17, 15) is 0 Å². The highest BCUT2D eigenvalue weighted by Crippen LogP contribution is 2.31. The van der Waals surface area contributed by atoms with Crippen LogP contribution in [0.5, 0.6) is 0 Å². The van der Waals surface area contributed by atoms with Crippen molar-refractivity contribution in [3.8, 4) is 0 Å². The molecule has 0 spiro atoms. The van der Waals surface area contributed by atoms with Crippen LogP contribution in [0.15, 0.2) is 0 Å². The number of thiazole rings is 1. The molecule has 1 aromatic heterocycles. The first-order chi connectivity index (χ1) is 10.2. The number of piperidine rings is 1. The van der Waals surface area contributed by atoms with E-state index in [1.54, 1.807) is 0 Å². The van der Waals surface area contributed by atoms with Crippen molar-refractivity contribution < 1.29 is 4.74 Å². The Morgan fingerprint density at radius 1 is 1.38 bits per heavy atom. The predicted octanol–water partition coefficient (Wildman–Crippen LogP) is 2.82. The number of hydrogen-bond donors (Lipinski definition) is 1. The molecule has 1 aliphatic carbocycles. The fraction of sp³-hybridized carbons (Fsp3) is 0.812. The maximum atomic E-state index is 5.63. The van der Waals surface area contributed by atoms with Gasteiger partial charge in [-0.15, -0.1) is 11.3 Å². The van der Waals surface area contributed by atoms with Gasteiger partial charge in [0.05, 0.1) is 11.8 Å². The number of nitrogens with zero attached hydrogens (tertiary/aromatic N) is 2. The van der Waals surface area contributed by atoms with Crippen LogP contribution in [0.3, 0.4) is 0 Å². The molecule has 0 bridgehead atoms. The smallest absolute Gasteiger partial charge is 0.185 e. The van der Waals surface area contributed by atoms with Crippen LogP contribution in [0.25, 0.3) is 0 Å². The van der Waals surface area contributed by atoms with E-state index >= 15 is 0 Å². The highest BCUT2D eigenvalue weighted by atomic mass is 32.1. The van der Waals surface area contributed by atoms with Crippen LogP contribution in [-0.4, -0.2) is 37.3 Å². The van der Waals surface area contributed by atoms with Gasteiger partial charge in [-0.05, 0) is 31.6 Å². The monoisotopic (exact) mass is 309 g/mol. The van der Waals surface area contributed by atoms with Crippen LogP contribution in [0.2, 0.25) is 0 Å². The summed E-state index contributed by atoms with van der Waals surface area (Å²) in [5.41, 5.74) is 1.27. The summed E-state index contributed by atoms with van der Waals surface area (Å²) >= 11 is 1.87. The third-order valence-electron chi connectivity index (χ3n) is 4.69. The zero-order valence-corrected chi connectivity index (χ0v) is 14.2. The van der Waals surface area contributed by atoms with Crippen molar-refractivity contribution >= 4 is 16.5 Å². The third-order valence-corrected chi connectivity index (χ3v) is 5.85. The average molecular weight is 309 g/mol. The molecule has 0 amide bonds. The maximum Gasteiger partial charge on any atom is 0.185 e. The minimum atomic E-state index is 0.334. The number of aromatic nitrogens is 1. The third kappa shape index (κ3) is 3.58. The average Bonchev–Trinajstić information content (AvgIpc) is 3.24. The fourth-order valence-electron chi connectivity index (χ4n) is 2.96. The van der Waals surface area contributed by atoms with Gasteiger partial charge in [0.2, 0.25) is 0 Å². The molecule has 1 N–H and O–H groups in total. The Bertz CT molecular complexity index is 472. The van der Waals surface area contributed by atoms with Crippen LogP contribution in [-0.2, 0) is 17.7 Å². The molecule has 5 heteroatoms. The fourth-order valence-corrected chi connectivity index (χ4v) is 4.09. The summed E-state index contributed by atoms with van der Waals surface area (Å²) in [6, 6.07) is 0.758. The van der Waals surface area contributed by atoms with Gasteiger partial charge in [-0.3, -0.25) is 0 Å². The molecule has 0 aromatic carbocycles. The number of methoxy groups -OCH3 is 1. The van der Waals surface area contributed by atoms with Crippen molar-refractivity contribution in [2.75, 3.05) is 25.1 Å². The van der Waals surface area contributed by atoms with E-state index in [0.29, 0.717) is 12.0 Å². The zero-order valence-electron chi connectivity index (χ0n) is 13.4. The number of nitrogens with one attached hydrogen (secondary N) is 1. The molecule has 1 saturated heterocycles. The lowest BCUT2D eigenvalue weighted by atomic mass is 9.96. The summed E-state index contributed by atoms with van der Waals surface area (Å²) in [7, 11) is 1.83. The Balaban J connectivity index is 1.69. The quantitative estimate of drug-likeness (QED) is 0.877. The first kappa shape index (κ1) is 15.3. The molecule has 0 radical (unpaired) electrons. The van der Waals surface area contributed by atoms with Gasteiger partial charge < -0.3 is 15.0 Å². The van der Waals surface area contributed by atoms with Crippen LogP contribution in [0.4, 0.5) is 5.13 Å². The Morgan fingerprint density at radius 3 is 2.86 bits per heavy atom. The minimum absolute atomic E-state index is 0.334. The van der Waals surface area contributed by atoms with E-state index in [4.69, 9.17) is 9.72 Å². The van der Waals surface area contributed by atoms with E-state index in [2.05, 4.69) is 24.1 Å². The highest BCUT2D eigenvalue weighted by Gasteiger charge is 2.28. The van der Waals surface area contributed by atoms with E-state index in [0.717, 1.165) is 32.1 Å². The second-order valence-electron chi connectivity index (χ2n) is 6.36. The molecule has 4 nitrogen and oxygen atoms in total. The normalized spacial score (nSPS) is 26.3. The zero-order chi connectivity index (χ0) is 14.8. The van der Waals surface area contributed by atoms with Gasteiger partial charge in [0.25, 0.3) is 0 Å². The van der Waals surface area contributed by atoms with Crippen LogP contribution in [0, 0.1) is 5.92 Å². The van der Waals surface area contributed by atoms with Crippen molar-refractivity contribution in [1.82, 2.24) is 10.3 Å². The van der Waals surface area contributed by atoms with Crippen molar-refractivity contribution in [1.29, 1.82) is 0 Å². The van der Waals surface area contributed by atoms with Crippen molar-refractivity contribution in [3.05, 3.63) is 10.6 Å². The van der Waals surface area contributed by atoms with Gasteiger partial charge in [-0.2, -0.15) is 0 Å². The summed E-state index contributed by atoms with van der Waals surface area (Å²) in [4.78, 5) is 8.73. The molecule has 2 unspecified atom stereocenters. The van der Waals surface area contributed by atoms with Crippen molar-refractivity contribution in [3.63, 3.8) is 0 Å². The Kier molecular flexibility index (Phi) is 4.82. The van der Waals surface area contributed by atoms with Gasteiger partial charge in [-0.25, -0.2) is 4.98 Å². The molecule has 2 atom stereocenters. The van der Waals surface area contributed by atoms with Crippen molar-refractivity contribution in [2.24, 2.45) is 5.92 Å². The second kappa shape index (κ2) is 6.63. The number of anilines is 1. The molecule has 1 aromatic rings. The standard InChI is InChI=1S/C16H27N3OS/c1-4-13-15(9-17-12-5-6-12)21-16(18-13)19-8-7-11(2)14(10-19)20-3/h11-12,14,17H,4-10H2,1-3H3. The molecule has 2 aliphatic rings. The van der Waals surface area contributed by atoms with Gasteiger partial charge in [0.15, 0.2) is 5.13 Å². The molecule has 2 fully saturated rings. The molecule has 118 valence electrons. The van der Waals surface area contributed by atoms with Crippen LogP contribution < -0.4 is 10.2 Å². The first-order valence-corrected chi connectivity index (χ1v) is 9.02. The molecular weight excluding hydrogens is 282 g/mol. The Morgan fingerprint density at radius 2 is 2.19 bits per heavy atom. The summed E-state index contributed by atoms with van der Waals surface area (Å²) in [6.45, 7) is 7.56.